The van der Waals surface area contributed by atoms with Crippen LogP contribution in [0.1, 0.15) is 24.3 Å². The molecule has 1 aliphatic heterocycles. The zero-order valence-corrected chi connectivity index (χ0v) is 11.5. The number of carbonyl (C=O) groups excluding carboxylic acids is 1. The maximum atomic E-state index is 12.4. The molecule has 0 saturated carbocycles. The summed E-state index contributed by atoms with van der Waals surface area (Å²) in [5.41, 5.74) is 1.10. The summed E-state index contributed by atoms with van der Waals surface area (Å²) in [7, 11) is 0. The van der Waals surface area contributed by atoms with Crippen LogP contribution in [0, 0.1) is 0 Å². The second kappa shape index (κ2) is 5.13. The van der Waals surface area contributed by atoms with Gasteiger partial charge in [0.05, 0.1) is 18.5 Å². The number of rotatable bonds is 2. The number of aromatic nitrogens is 2. The largest absolute Gasteiger partial charge is 0.463 e. The number of aromatic amines is 1. The van der Waals surface area contributed by atoms with E-state index in [1.54, 1.807) is 23.3 Å². The molecule has 3 heterocycles. The van der Waals surface area contributed by atoms with Crippen molar-refractivity contribution in [2.75, 3.05) is 13.1 Å². The molecule has 1 fully saturated rings. The Morgan fingerprint density at radius 3 is 2.80 bits per heavy atom. The first-order chi connectivity index (χ1) is 9.63. The van der Waals surface area contributed by atoms with Crippen molar-refractivity contribution in [1.29, 1.82) is 0 Å². The second-order valence-electron chi connectivity index (χ2n) is 5.11. The van der Waals surface area contributed by atoms with Crippen molar-refractivity contribution < 1.29 is 13.9 Å². The minimum atomic E-state index is -0.0824. The van der Waals surface area contributed by atoms with E-state index in [1.165, 1.54) is 0 Å². The molecule has 0 aromatic carbocycles. The Morgan fingerprint density at radius 2 is 2.15 bits per heavy atom. The van der Waals surface area contributed by atoms with Crippen LogP contribution >= 0.6 is 0 Å². The van der Waals surface area contributed by atoms with Gasteiger partial charge in [0.25, 0.3) is 5.91 Å². The maximum Gasteiger partial charge on any atom is 0.274 e. The van der Waals surface area contributed by atoms with E-state index in [1.807, 2.05) is 19.9 Å². The van der Waals surface area contributed by atoms with Gasteiger partial charge in [-0.2, -0.15) is 5.10 Å². The van der Waals surface area contributed by atoms with E-state index in [0.29, 0.717) is 30.2 Å². The lowest BCUT2D eigenvalue weighted by molar-refractivity contribution is -0.0587. The standard InChI is InChI=1S/C14H17N3O3/c1-9-7-17(8-10(2)20-9)14(18)12-6-11(15-16-12)13-4-3-5-19-13/h3-6,9-10H,7-8H2,1-2H3,(H,15,16). The van der Waals surface area contributed by atoms with Crippen molar-refractivity contribution in [2.24, 2.45) is 0 Å². The average Bonchev–Trinajstić information content (AvgIpc) is 3.07. The summed E-state index contributed by atoms with van der Waals surface area (Å²) in [5, 5.41) is 6.91. The molecule has 1 aliphatic rings. The number of furan rings is 1. The molecule has 6 nitrogen and oxygen atoms in total. The summed E-state index contributed by atoms with van der Waals surface area (Å²) < 4.78 is 10.9. The molecule has 2 unspecified atom stereocenters. The van der Waals surface area contributed by atoms with Crippen molar-refractivity contribution in [2.45, 2.75) is 26.1 Å². The lowest BCUT2D eigenvalue weighted by atomic mass is 10.2. The third kappa shape index (κ3) is 2.46. The van der Waals surface area contributed by atoms with Crippen molar-refractivity contribution in [3.05, 3.63) is 30.2 Å². The molecule has 1 saturated heterocycles. The van der Waals surface area contributed by atoms with Gasteiger partial charge in [0.15, 0.2) is 11.5 Å². The summed E-state index contributed by atoms with van der Waals surface area (Å²) in [6.07, 6.45) is 1.68. The Labute approximate surface area is 116 Å². The first kappa shape index (κ1) is 12.9. The quantitative estimate of drug-likeness (QED) is 0.909. The Hall–Kier alpha value is -2.08. The Balaban J connectivity index is 1.77. The predicted molar refractivity (Wildman–Crippen MR) is 72.2 cm³/mol. The zero-order valence-electron chi connectivity index (χ0n) is 11.5. The molecule has 1 N–H and O–H groups in total. The number of H-pyrrole nitrogens is 1. The molecular formula is C14H17N3O3. The summed E-state index contributed by atoms with van der Waals surface area (Å²) in [5.74, 6) is 0.585. The number of hydrogen-bond donors (Lipinski definition) is 1. The van der Waals surface area contributed by atoms with Gasteiger partial charge in [0.1, 0.15) is 5.69 Å². The highest BCUT2D eigenvalue weighted by Crippen LogP contribution is 2.19. The molecule has 2 aromatic rings. The van der Waals surface area contributed by atoms with Crippen molar-refractivity contribution >= 4 is 5.91 Å². The maximum absolute atomic E-state index is 12.4. The highest BCUT2D eigenvalue weighted by Gasteiger charge is 2.28. The lowest BCUT2D eigenvalue weighted by Crippen LogP contribution is -2.48. The van der Waals surface area contributed by atoms with Gasteiger partial charge in [0.2, 0.25) is 0 Å². The molecule has 6 heteroatoms. The zero-order chi connectivity index (χ0) is 14.1. The number of nitrogens with zero attached hydrogens (tertiary/aromatic N) is 2. The normalized spacial score (nSPS) is 23.0. The van der Waals surface area contributed by atoms with Crippen LogP contribution in [0.4, 0.5) is 0 Å². The summed E-state index contributed by atoms with van der Waals surface area (Å²) in [6, 6.07) is 5.33. The summed E-state index contributed by atoms with van der Waals surface area (Å²) in [4.78, 5) is 14.2. The van der Waals surface area contributed by atoms with Crippen LogP contribution in [0.2, 0.25) is 0 Å². The number of amides is 1. The van der Waals surface area contributed by atoms with Gasteiger partial charge in [-0.25, -0.2) is 0 Å². The van der Waals surface area contributed by atoms with Crippen LogP contribution in [-0.4, -0.2) is 46.3 Å². The predicted octanol–water partition coefficient (Wildman–Crippen LogP) is 1.92. The Morgan fingerprint density at radius 1 is 1.40 bits per heavy atom. The summed E-state index contributed by atoms with van der Waals surface area (Å²) >= 11 is 0. The number of nitrogens with one attached hydrogen (secondary N) is 1. The average molecular weight is 275 g/mol. The molecule has 106 valence electrons. The number of ether oxygens (including phenoxy) is 1. The minimum absolute atomic E-state index is 0.0474. The molecule has 0 bridgehead atoms. The molecule has 0 aliphatic carbocycles. The van der Waals surface area contributed by atoms with Gasteiger partial charge >= 0.3 is 0 Å². The van der Waals surface area contributed by atoms with E-state index < -0.39 is 0 Å². The number of morpholine rings is 1. The van der Waals surface area contributed by atoms with Gasteiger partial charge in [-0.15, -0.1) is 0 Å². The lowest BCUT2D eigenvalue weighted by Gasteiger charge is -2.34. The van der Waals surface area contributed by atoms with E-state index in [4.69, 9.17) is 9.15 Å². The topological polar surface area (TPSA) is 71.4 Å². The molecule has 0 spiro atoms. The highest BCUT2D eigenvalue weighted by molar-refractivity contribution is 5.93. The van der Waals surface area contributed by atoms with E-state index in [0.717, 1.165) is 0 Å². The number of carbonyl (C=O) groups is 1. The molecule has 1 amide bonds. The molecule has 0 radical (unpaired) electrons. The van der Waals surface area contributed by atoms with Crippen molar-refractivity contribution in [1.82, 2.24) is 15.1 Å². The van der Waals surface area contributed by atoms with E-state index in [-0.39, 0.29) is 18.1 Å². The Bertz CT molecular complexity index is 581. The third-order valence-corrected chi connectivity index (χ3v) is 3.29. The number of hydrogen-bond acceptors (Lipinski definition) is 4. The van der Waals surface area contributed by atoms with Crippen LogP contribution < -0.4 is 0 Å². The fraction of sp³-hybridized carbons (Fsp3) is 0.429. The molecule has 20 heavy (non-hydrogen) atoms. The van der Waals surface area contributed by atoms with Gasteiger partial charge < -0.3 is 14.1 Å². The van der Waals surface area contributed by atoms with Crippen molar-refractivity contribution in [3.63, 3.8) is 0 Å². The molecule has 3 rings (SSSR count). The Kier molecular flexibility index (Phi) is 3.31. The smallest absolute Gasteiger partial charge is 0.274 e. The monoisotopic (exact) mass is 275 g/mol. The fourth-order valence-corrected chi connectivity index (χ4v) is 2.50. The van der Waals surface area contributed by atoms with Crippen LogP contribution in [0.3, 0.4) is 0 Å². The minimum Gasteiger partial charge on any atom is -0.463 e. The van der Waals surface area contributed by atoms with Crippen LogP contribution in [-0.2, 0) is 4.74 Å². The fourth-order valence-electron chi connectivity index (χ4n) is 2.50. The third-order valence-electron chi connectivity index (χ3n) is 3.29. The van der Waals surface area contributed by atoms with E-state index in [2.05, 4.69) is 10.2 Å². The van der Waals surface area contributed by atoms with Crippen LogP contribution in [0.15, 0.2) is 28.9 Å². The molecular weight excluding hydrogens is 258 g/mol. The van der Waals surface area contributed by atoms with Crippen LogP contribution in [0.25, 0.3) is 11.5 Å². The highest BCUT2D eigenvalue weighted by atomic mass is 16.5. The molecule has 2 atom stereocenters. The van der Waals surface area contributed by atoms with Gasteiger partial charge in [-0.1, -0.05) is 0 Å². The van der Waals surface area contributed by atoms with Gasteiger partial charge in [-0.05, 0) is 26.0 Å². The van der Waals surface area contributed by atoms with Crippen molar-refractivity contribution in [3.8, 4) is 11.5 Å². The van der Waals surface area contributed by atoms with E-state index in [9.17, 15) is 4.79 Å². The summed E-state index contributed by atoms with van der Waals surface area (Å²) in [6.45, 7) is 5.11. The van der Waals surface area contributed by atoms with Crippen LogP contribution in [0.5, 0.6) is 0 Å². The van der Waals surface area contributed by atoms with Gasteiger partial charge in [-0.3, -0.25) is 9.89 Å². The SMILES string of the molecule is CC1CN(C(=O)c2cc(-c3ccco3)[nH]n2)CC(C)O1. The molecule has 2 aromatic heterocycles. The van der Waals surface area contributed by atoms with Gasteiger partial charge in [0, 0.05) is 19.2 Å². The van der Waals surface area contributed by atoms with E-state index >= 15 is 0 Å². The first-order valence-electron chi connectivity index (χ1n) is 6.67. The first-order valence-corrected chi connectivity index (χ1v) is 6.67. The second-order valence-corrected chi connectivity index (χ2v) is 5.11.